The number of carbonyl (C=O) groups excluding carboxylic acids is 1. The normalized spacial score (nSPS) is 13.4. The van der Waals surface area contributed by atoms with Gasteiger partial charge in [0.25, 0.3) is 15.9 Å². The molecule has 0 fully saturated rings. The minimum Gasteiger partial charge on any atom is -0.495 e. The number of anilines is 1. The number of benzene rings is 3. The van der Waals surface area contributed by atoms with E-state index in [1.165, 1.54) is 36.2 Å². The maximum absolute atomic E-state index is 13.1. The Bertz CT molecular complexity index is 1210. The molecule has 7 heteroatoms. The number of hydrogen-bond acceptors (Lipinski definition) is 4. The van der Waals surface area contributed by atoms with Gasteiger partial charge in [-0.1, -0.05) is 36.4 Å². The Balaban J connectivity index is 1.54. The predicted molar refractivity (Wildman–Crippen MR) is 120 cm³/mol. The van der Waals surface area contributed by atoms with E-state index in [0.717, 1.165) is 12.0 Å². The van der Waals surface area contributed by atoms with Crippen molar-refractivity contribution in [1.82, 2.24) is 4.90 Å². The number of sulfonamides is 1. The molecular weight excluding hydrogens is 412 g/mol. The molecule has 6 nitrogen and oxygen atoms in total. The molecule has 3 aromatic carbocycles. The van der Waals surface area contributed by atoms with Crippen molar-refractivity contribution in [2.45, 2.75) is 17.9 Å². The summed E-state index contributed by atoms with van der Waals surface area (Å²) in [7, 11) is -0.821. The van der Waals surface area contributed by atoms with E-state index >= 15 is 0 Å². The summed E-state index contributed by atoms with van der Waals surface area (Å²) in [6, 6.07) is 21.2. The highest BCUT2D eigenvalue weighted by Crippen LogP contribution is 2.31. The number of rotatable bonds is 5. The summed E-state index contributed by atoms with van der Waals surface area (Å²) in [5, 5.41) is 0. The molecule has 1 heterocycles. The van der Waals surface area contributed by atoms with Gasteiger partial charge in [0, 0.05) is 25.7 Å². The van der Waals surface area contributed by atoms with Crippen LogP contribution < -0.4 is 9.04 Å². The summed E-state index contributed by atoms with van der Waals surface area (Å²) < 4.78 is 32.7. The average molecular weight is 437 g/mol. The lowest BCUT2D eigenvalue weighted by molar-refractivity contribution is 0.0734. The quantitative estimate of drug-likeness (QED) is 0.611. The third-order valence-electron chi connectivity index (χ3n) is 5.60. The lowest BCUT2D eigenvalue weighted by atomic mass is 9.99. The standard InChI is InChI=1S/C24H24N2O4S/c1-25(22-9-5-6-10-23(22)30-2)31(28,29)21-13-11-19(12-14-21)24(27)26-16-15-18-7-3-4-8-20(18)17-26/h3-14H,15-17H2,1-2H3. The Hall–Kier alpha value is -3.32. The molecule has 1 amide bonds. The third-order valence-corrected chi connectivity index (χ3v) is 7.39. The topological polar surface area (TPSA) is 66.9 Å². The number of nitrogens with zero attached hydrogens (tertiary/aromatic N) is 2. The molecule has 31 heavy (non-hydrogen) atoms. The highest BCUT2D eigenvalue weighted by Gasteiger charge is 2.25. The number of carbonyl (C=O) groups is 1. The van der Waals surface area contributed by atoms with Gasteiger partial charge in [0.2, 0.25) is 0 Å². The smallest absolute Gasteiger partial charge is 0.264 e. The van der Waals surface area contributed by atoms with Crippen LogP contribution in [-0.4, -0.2) is 39.9 Å². The van der Waals surface area contributed by atoms with E-state index in [4.69, 9.17) is 4.74 Å². The predicted octanol–water partition coefficient (Wildman–Crippen LogP) is 3.72. The summed E-state index contributed by atoms with van der Waals surface area (Å²) in [6.07, 6.45) is 0.818. The van der Waals surface area contributed by atoms with Crippen LogP contribution in [0.1, 0.15) is 21.5 Å². The number of fused-ring (bicyclic) bond motifs is 1. The largest absolute Gasteiger partial charge is 0.495 e. The van der Waals surface area contributed by atoms with Crippen molar-refractivity contribution in [3.63, 3.8) is 0 Å². The molecule has 0 N–H and O–H groups in total. The average Bonchev–Trinajstić information content (AvgIpc) is 2.82. The summed E-state index contributed by atoms with van der Waals surface area (Å²) in [6.45, 7) is 1.21. The monoisotopic (exact) mass is 436 g/mol. The molecule has 0 aromatic heterocycles. The first-order chi connectivity index (χ1) is 14.9. The number of amides is 1. The van der Waals surface area contributed by atoms with E-state index in [1.54, 1.807) is 41.3 Å². The van der Waals surface area contributed by atoms with Crippen LogP contribution in [0.3, 0.4) is 0 Å². The van der Waals surface area contributed by atoms with Gasteiger partial charge in [-0.15, -0.1) is 0 Å². The maximum Gasteiger partial charge on any atom is 0.264 e. The first-order valence-corrected chi connectivity index (χ1v) is 11.4. The molecule has 4 rings (SSSR count). The summed E-state index contributed by atoms with van der Waals surface area (Å²) in [4.78, 5) is 14.9. The van der Waals surface area contributed by atoms with Crippen LogP contribution >= 0.6 is 0 Å². The fraction of sp³-hybridized carbons (Fsp3) is 0.208. The van der Waals surface area contributed by atoms with Crippen LogP contribution in [0.2, 0.25) is 0 Å². The Morgan fingerprint density at radius 2 is 1.58 bits per heavy atom. The number of hydrogen-bond donors (Lipinski definition) is 0. The summed E-state index contributed by atoms with van der Waals surface area (Å²) >= 11 is 0. The molecule has 0 radical (unpaired) electrons. The molecule has 0 unspecified atom stereocenters. The summed E-state index contributed by atoms with van der Waals surface area (Å²) in [5.74, 6) is 0.363. The van der Waals surface area contributed by atoms with E-state index in [1.807, 2.05) is 18.2 Å². The second-order valence-corrected chi connectivity index (χ2v) is 9.38. The highest BCUT2D eigenvalue weighted by atomic mass is 32.2. The van der Waals surface area contributed by atoms with E-state index in [0.29, 0.717) is 30.1 Å². The molecule has 160 valence electrons. The third kappa shape index (κ3) is 4.01. The minimum absolute atomic E-state index is 0.100. The van der Waals surface area contributed by atoms with Crippen molar-refractivity contribution in [2.24, 2.45) is 0 Å². The van der Waals surface area contributed by atoms with E-state index in [9.17, 15) is 13.2 Å². The van der Waals surface area contributed by atoms with Gasteiger partial charge >= 0.3 is 0 Å². The molecule has 1 aliphatic rings. The second kappa shape index (κ2) is 8.43. The van der Waals surface area contributed by atoms with E-state index < -0.39 is 10.0 Å². The Labute approximate surface area is 182 Å². The van der Waals surface area contributed by atoms with Gasteiger partial charge in [0.15, 0.2) is 0 Å². The first-order valence-electron chi connectivity index (χ1n) is 10.00. The summed E-state index contributed by atoms with van der Waals surface area (Å²) in [5.41, 5.74) is 3.34. The van der Waals surface area contributed by atoms with Gasteiger partial charge < -0.3 is 9.64 Å². The van der Waals surface area contributed by atoms with Crippen LogP contribution in [0.4, 0.5) is 5.69 Å². The fourth-order valence-corrected chi connectivity index (χ4v) is 5.00. The number of para-hydroxylation sites is 2. The molecule has 0 atom stereocenters. The van der Waals surface area contributed by atoms with Crippen LogP contribution in [-0.2, 0) is 23.0 Å². The van der Waals surface area contributed by atoms with E-state index in [2.05, 4.69) is 6.07 Å². The zero-order valence-electron chi connectivity index (χ0n) is 17.5. The minimum atomic E-state index is -3.80. The van der Waals surface area contributed by atoms with Gasteiger partial charge in [0.1, 0.15) is 5.75 Å². The SMILES string of the molecule is COc1ccccc1N(C)S(=O)(=O)c1ccc(C(=O)N2CCc3ccccc3C2)cc1. The number of methoxy groups -OCH3 is 1. The second-order valence-electron chi connectivity index (χ2n) is 7.41. The maximum atomic E-state index is 13.1. The van der Waals surface area contributed by atoms with Gasteiger partial charge in [-0.25, -0.2) is 8.42 Å². The van der Waals surface area contributed by atoms with Crippen LogP contribution in [0.15, 0.2) is 77.7 Å². The molecule has 1 aliphatic heterocycles. The number of ether oxygens (including phenoxy) is 1. The first kappa shape index (κ1) is 20.9. The van der Waals surface area contributed by atoms with Crippen molar-refractivity contribution < 1.29 is 17.9 Å². The van der Waals surface area contributed by atoms with Gasteiger partial charge in [-0.05, 0) is 53.9 Å². The molecule has 0 spiro atoms. The fourth-order valence-electron chi connectivity index (χ4n) is 3.80. The van der Waals surface area contributed by atoms with Gasteiger partial charge in [-0.2, -0.15) is 0 Å². The van der Waals surface area contributed by atoms with Crippen LogP contribution in [0, 0.1) is 0 Å². The Morgan fingerprint density at radius 1 is 0.935 bits per heavy atom. The lowest BCUT2D eigenvalue weighted by Gasteiger charge is -2.29. The molecule has 0 saturated carbocycles. The van der Waals surface area contributed by atoms with Crippen LogP contribution in [0.25, 0.3) is 0 Å². The molecular formula is C24H24N2O4S. The van der Waals surface area contributed by atoms with Gasteiger partial charge in [0.05, 0.1) is 17.7 Å². The molecule has 0 aliphatic carbocycles. The highest BCUT2D eigenvalue weighted by molar-refractivity contribution is 7.92. The molecule has 0 bridgehead atoms. The van der Waals surface area contributed by atoms with Crippen molar-refractivity contribution >= 4 is 21.6 Å². The zero-order chi connectivity index (χ0) is 22.0. The van der Waals surface area contributed by atoms with Crippen LogP contribution in [0.5, 0.6) is 5.75 Å². The van der Waals surface area contributed by atoms with Gasteiger partial charge in [-0.3, -0.25) is 9.10 Å². The molecule has 0 saturated heterocycles. The van der Waals surface area contributed by atoms with Crippen molar-refractivity contribution in [3.05, 3.63) is 89.5 Å². The van der Waals surface area contributed by atoms with Crippen molar-refractivity contribution in [1.29, 1.82) is 0 Å². The Kier molecular flexibility index (Phi) is 5.69. The van der Waals surface area contributed by atoms with Crippen molar-refractivity contribution in [2.75, 3.05) is 25.0 Å². The zero-order valence-corrected chi connectivity index (χ0v) is 18.3. The lowest BCUT2D eigenvalue weighted by Crippen LogP contribution is -2.36. The Morgan fingerprint density at radius 3 is 2.29 bits per heavy atom. The molecule has 3 aromatic rings. The van der Waals surface area contributed by atoms with E-state index in [-0.39, 0.29) is 10.8 Å². The van der Waals surface area contributed by atoms with Crippen molar-refractivity contribution in [3.8, 4) is 5.75 Å².